The molecule has 6 heteroatoms. The summed E-state index contributed by atoms with van der Waals surface area (Å²) in [6.07, 6.45) is 6.49. The second-order valence-corrected chi connectivity index (χ2v) is 6.97. The maximum atomic E-state index is 4.73. The lowest BCUT2D eigenvalue weighted by atomic mass is 10.1. The number of nitrogens with zero attached hydrogens (tertiary/aromatic N) is 4. The number of rotatable bonds is 7. The quantitative estimate of drug-likeness (QED) is 0.368. The van der Waals surface area contributed by atoms with Gasteiger partial charge in [0.1, 0.15) is 0 Å². The first-order chi connectivity index (χ1) is 14.8. The Morgan fingerprint density at radius 2 is 1.83 bits per heavy atom. The maximum Gasteiger partial charge on any atom is 0.191 e. The van der Waals surface area contributed by atoms with Crippen molar-refractivity contribution in [3.8, 4) is 5.69 Å². The van der Waals surface area contributed by atoms with Gasteiger partial charge in [-0.25, -0.2) is 9.67 Å². The maximum absolute atomic E-state index is 4.73. The number of benzene rings is 2. The highest BCUT2D eigenvalue weighted by molar-refractivity contribution is 5.85. The van der Waals surface area contributed by atoms with Crippen LogP contribution in [0.5, 0.6) is 0 Å². The largest absolute Gasteiger partial charge is 0.357 e. The van der Waals surface area contributed by atoms with Crippen LogP contribution in [0.15, 0.2) is 84.2 Å². The average Bonchev–Trinajstić information content (AvgIpc) is 3.33. The van der Waals surface area contributed by atoms with E-state index in [2.05, 4.69) is 64.0 Å². The van der Waals surface area contributed by atoms with Gasteiger partial charge in [-0.05, 0) is 48.6 Å². The number of aromatic nitrogens is 3. The van der Waals surface area contributed by atoms with Crippen molar-refractivity contribution in [2.75, 3.05) is 13.1 Å². The van der Waals surface area contributed by atoms with E-state index in [1.165, 1.54) is 10.9 Å². The molecule has 0 aliphatic rings. The van der Waals surface area contributed by atoms with Gasteiger partial charge in [0, 0.05) is 37.1 Å². The summed E-state index contributed by atoms with van der Waals surface area (Å²) in [6, 6.07) is 20.7. The van der Waals surface area contributed by atoms with E-state index in [4.69, 9.17) is 4.99 Å². The lowest BCUT2D eigenvalue weighted by Gasteiger charge is -2.12. The first-order valence-corrected chi connectivity index (χ1v) is 10.3. The lowest BCUT2D eigenvalue weighted by molar-refractivity contribution is 0.797. The summed E-state index contributed by atoms with van der Waals surface area (Å²) < 4.78 is 1.86. The molecule has 0 atom stereocenters. The van der Waals surface area contributed by atoms with Crippen molar-refractivity contribution in [2.24, 2.45) is 4.99 Å². The van der Waals surface area contributed by atoms with Crippen molar-refractivity contribution >= 4 is 16.7 Å². The van der Waals surface area contributed by atoms with Gasteiger partial charge in [0.05, 0.1) is 17.9 Å². The summed E-state index contributed by atoms with van der Waals surface area (Å²) in [4.78, 5) is 9.26. The van der Waals surface area contributed by atoms with Crippen LogP contribution in [0.2, 0.25) is 0 Å². The number of hydrogen-bond donors (Lipinski definition) is 2. The van der Waals surface area contributed by atoms with Gasteiger partial charge in [-0.15, -0.1) is 0 Å². The van der Waals surface area contributed by atoms with Crippen molar-refractivity contribution in [2.45, 2.75) is 19.9 Å². The Labute approximate surface area is 176 Å². The molecule has 0 fully saturated rings. The molecule has 0 saturated heterocycles. The third-order valence-electron chi connectivity index (χ3n) is 4.90. The Balaban J connectivity index is 1.36. The van der Waals surface area contributed by atoms with Gasteiger partial charge in [0.25, 0.3) is 0 Å². The molecule has 2 aromatic heterocycles. The zero-order valence-corrected chi connectivity index (χ0v) is 17.1. The third kappa shape index (κ3) is 4.84. The second kappa shape index (κ2) is 9.69. The molecule has 0 saturated carbocycles. The molecule has 0 aliphatic heterocycles. The van der Waals surface area contributed by atoms with Crippen LogP contribution < -0.4 is 10.6 Å². The minimum atomic E-state index is 0.537. The van der Waals surface area contributed by atoms with Gasteiger partial charge in [0.15, 0.2) is 5.96 Å². The van der Waals surface area contributed by atoms with Crippen LogP contribution in [0.4, 0.5) is 0 Å². The van der Waals surface area contributed by atoms with Gasteiger partial charge in [-0.1, -0.05) is 36.4 Å². The normalized spacial score (nSPS) is 11.6. The Morgan fingerprint density at radius 3 is 2.63 bits per heavy atom. The number of aliphatic imine (C=N–C) groups is 1. The van der Waals surface area contributed by atoms with Crippen LogP contribution in [-0.4, -0.2) is 33.8 Å². The number of pyridine rings is 1. The summed E-state index contributed by atoms with van der Waals surface area (Å²) in [5.41, 5.74) is 3.32. The number of fused-ring (bicyclic) bond motifs is 1. The summed E-state index contributed by atoms with van der Waals surface area (Å²) in [6.45, 7) is 4.22. The lowest BCUT2D eigenvalue weighted by Crippen LogP contribution is -2.38. The Kier molecular flexibility index (Phi) is 6.35. The Morgan fingerprint density at radius 1 is 0.967 bits per heavy atom. The van der Waals surface area contributed by atoms with Crippen LogP contribution in [0.3, 0.4) is 0 Å². The molecule has 0 radical (unpaired) electrons. The molecule has 2 aromatic carbocycles. The average molecular weight is 399 g/mol. The molecule has 0 aliphatic carbocycles. The predicted octanol–water partition coefficient (Wildman–Crippen LogP) is 3.72. The van der Waals surface area contributed by atoms with Crippen molar-refractivity contribution in [3.63, 3.8) is 0 Å². The van der Waals surface area contributed by atoms with Crippen LogP contribution in [-0.2, 0) is 13.0 Å². The summed E-state index contributed by atoms with van der Waals surface area (Å²) in [5.74, 6) is 0.806. The predicted molar refractivity (Wildman–Crippen MR) is 122 cm³/mol. The molecule has 2 N–H and O–H groups in total. The highest BCUT2D eigenvalue weighted by Gasteiger charge is 2.03. The van der Waals surface area contributed by atoms with Gasteiger partial charge in [-0.3, -0.25) is 4.98 Å². The van der Waals surface area contributed by atoms with Crippen LogP contribution >= 0.6 is 0 Å². The molecule has 4 aromatic rings. The first-order valence-electron chi connectivity index (χ1n) is 10.3. The molecule has 30 heavy (non-hydrogen) atoms. The van der Waals surface area contributed by atoms with E-state index in [9.17, 15) is 0 Å². The zero-order chi connectivity index (χ0) is 20.6. The minimum absolute atomic E-state index is 0.537. The van der Waals surface area contributed by atoms with E-state index >= 15 is 0 Å². The van der Waals surface area contributed by atoms with Crippen LogP contribution in [0.25, 0.3) is 16.5 Å². The Hall–Kier alpha value is -3.67. The van der Waals surface area contributed by atoms with E-state index in [1.807, 2.05) is 41.3 Å². The standard InChI is InChI=1S/C24H26N6/c1-2-25-24(28-18-23-22-7-4-3-6-20(22)13-16-26-23)27-15-12-19-8-10-21(11-9-19)30-17-5-14-29-30/h3-11,13-14,16-17H,2,12,15,18H2,1H3,(H2,25,27,28). The van der Waals surface area contributed by atoms with Crippen molar-refractivity contribution in [1.29, 1.82) is 0 Å². The summed E-state index contributed by atoms with van der Waals surface area (Å²) >= 11 is 0. The molecule has 4 rings (SSSR count). The number of nitrogens with one attached hydrogen (secondary N) is 2. The highest BCUT2D eigenvalue weighted by atomic mass is 15.3. The Bertz CT molecular complexity index is 1090. The van der Waals surface area contributed by atoms with Gasteiger partial charge < -0.3 is 10.6 Å². The molecule has 2 heterocycles. The van der Waals surface area contributed by atoms with E-state index in [0.29, 0.717) is 6.54 Å². The SMILES string of the molecule is CCNC(=NCc1nccc2ccccc12)NCCc1ccc(-n2cccn2)cc1. The van der Waals surface area contributed by atoms with E-state index < -0.39 is 0 Å². The van der Waals surface area contributed by atoms with Crippen molar-refractivity contribution < 1.29 is 0 Å². The topological polar surface area (TPSA) is 67.1 Å². The number of hydrogen-bond acceptors (Lipinski definition) is 3. The fourth-order valence-corrected chi connectivity index (χ4v) is 3.37. The van der Waals surface area contributed by atoms with Crippen molar-refractivity contribution in [3.05, 3.63) is 90.5 Å². The van der Waals surface area contributed by atoms with E-state index in [-0.39, 0.29) is 0 Å². The van der Waals surface area contributed by atoms with Gasteiger partial charge in [0.2, 0.25) is 0 Å². The molecule has 152 valence electrons. The molecule has 0 spiro atoms. The van der Waals surface area contributed by atoms with Gasteiger partial charge >= 0.3 is 0 Å². The van der Waals surface area contributed by atoms with Crippen molar-refractivity contribution in [1.82, 2.24) is 25.4 Å². The molecular formula is C24H26N6. The summed E-state index contributed by atoms with van der Waals surface area (Å²) in [7, 11) is 0. The highest BCUT2D eigenvalue weighted by Crippen LogP contribution is 2.16. The van der Waals surface area contributed by atoms with E-state index in [1.54, 1.807) is 6.20 Å². The fraction of sp³-hybridized carbons (Fsp3) is 0.208. The van der Waals surface area contributed by atoms with E-state index in [0.717, 1.165) is 42.2 Å². The zero-order valence-electron chi connectivity index (χ0n) is 17.1. The van der Waals surface area contributed by atoms with Crippen LogP contribution in [0, 0.1) is 0 Å². The second-order valence-electron chi connectivity index (χ2n) is 6.97. The first kappa shape index (κ1) is 19.6. The fourth-order valence-electron chi connectivity index (χ4n) is 3.37. The molecule has 0 bridgehead atoms. The molecule has 6 nitrogen and oxygen atoms in total. The monoisotopic (exact) mass is 398 g/mol. The molecular weight excluding hydrogens is 372 g/mol. The molecule has 0 amide bonds. The minimum Gasteiger partial charge on any atom is -0.357 e. The van der Waals surface area contributed by atoms with Crippen LogP contribution in [0.1, 0.15) is 18.2 Å². The summed E-state index contributed by atoms with van der Waals surface area (Å²) in [5, 5.41) is 13.3. The van der Waals surface area contributed by atoms with Gasteiger partial charge in [-0.2, -0.15) is 5.10 Å². The molecule has 0 unspecified atom stereocenters. The third-order valence-corrected chi connectivity index (χ3v) is 4.90. The number of guanidine groups is 1. The smallest absolute Gasteiger partial charge is 0.191 e.